The van der Waals surface area contributed by atoms with Crippen molar-refractivity contribution >= 4 is 38.4 Å². The number of aromatic nitrogens is 3. The number of anilines is 1. The first kappa shape index (κ1) is 32.9. The summed E-state index contributed by atoms with van der Waals surface area (Å²) < 4.78 is 44.7. The number of hydrogen-bond acceptors (Lipinski definition) is 11. The molecule has 0 spiro atoms. The fraction of sp³-hybridized carbons (Fsp3) is 0.536. The van der Waals surface area contributed by atoms with E-state index in [0.717, 1.165) is 18.3 Å². The van der Waals surface area contributed by atoms with Crippen LogP contribution in [0, 0.1) is 5.92 Å². The largest absolute Gasteiger partial charge is 0.464 e. The maximum Gasteiger partial charge on any atom is 0.459 e. The molecule has 0 aliphatic carbocycles. The lowest BCUT2D eigenvalue weighted by Gasteiger charge is -2.26. The van der Waals surface area contributed by atoms with E-state index < -0.39 is 37.8 Å². The molecule has 234 valence electrons. The highest BCUT2D eigenvalue weighted by Crippen LogP contribution is 2.46. The topological polar surface area (TPSA) is 169 Å². The third kappa shape index (κ3) is 8.78. The zero-order valence-electron chi connectivity index (χ0n) is 25.3. The fourth-order valence-corrected chi connectivity index (χ4v) is 6.21. The van der Waals surface area contributed by atoms with Crippen molar-refractivity contribution in [2.75, 3.05) is 25.5 Å². The average Bonchev–Trinajstić information content (AvgIpc) is 3.51. The summed E-state index contributed by atoms with van der Waals surface area (Å²) in [6, 6.07) is 10.4. The van der Waals surface area contributed by atoms with Gasteiger partial charge in [0.2, 0.25) is 0 Å². The van der Waals surface area contributed by atoms with Crippen LogP contribution in [0.2, 0.25) is 0 Å². The lowest BCUT2D eigenvalue weighted by atomic mass is 9.96. The number of nitrogen functional groups attached to an aromatic ring is 1. The molecule has 1 aliphatic heterocycles. The van der Waals surface area contributed by atoms with Crippen LogP contribution in [0.5, 0.6) is 5.75 Å². The first-order valence-electron chi connectivity index (χ1n) is 14.5. The first-order valence-corrected chi connectivity index (χ1v) is 16.0. The highest BCUT2D eigenvalue weighted by Gasteiger charge is 2.43. The Labute approximate surface area is 252 Å². The average molecular weight is 617 g/mol. The minimum Gasteiger partial charge on any atom is -0.464 e. The third-order valence-electron chi connectivity index (χ3n) is 7.16. The lowest BCUT2D eigenvalue weighted by Crippen LogP contribution is -2.32. The Kier molecular flexibility index (Phi) is 10.9. The maximum atomic E-state index is 13.8. The van der Waals surface area contributed by atoms with E-state index in [0.29, 0.717) is 29.2 Å². The summed E-state index contributed by atoms with van der Waals surface area (Å²) in [5.41, 5.74) is 8.24. The molecule has 15 heteroatoms. The molecule has 0 bridgehead atoms. The van der Waals surface area contributed by atoms with E-state index >= 15 is 0 Å². The van der Waals surface area contributed by atoms with Gasteiger partial charge < -0.3 is 29.6 Å². The molecule has 4 N–H and O–H groups in total. The van der Waals surface area contributed by atoms with E-state index in [9.17, 15) is 14.5 Å². The number of benzene rings is 1. The third-order valence-corrected chi connectivity index (χ3v) is 8.64. The number of nitrogens with two attached hydrogens (primary N) is 1. The van der Waals surface area contributed by atoms with Gasteiger partial charge in [0, 0.05) is 6.42 Å². The Morgan fingerprint density at radius 2 is 2.02 bits per heavy atom. The molecular weight excluding hydrogens is 576 g/mol. The number of nitrogens with zero attached hydrogens (tertiary/aromatic N) is 3. The summed E-state index contributed by atoms with van der Waals surface area (Å²) >= 11 is 0. The van der Waals surface area contributed by atoms with Gasteiger partial charge >= 0.3 is 13.7 Å². The Morgan fingerprint density at radius 3 is 2.70 bits per heavy atom. The summed E-state index contributed by atoms with van der Waals surface area (Å²) in [6.45, 7) is 6.87. The molecule has 0 radical (unpaired) electrons. The van der Waals surface area contributed by atoms with Crippen LogP contribution in [0.25, 0.3) is 5.52 Å². The molecule has 1 unspecified atom stereocenters. The van der Waals surface area contributed by atoms with Crippen LogP contribution in [0.4, 0.5) is 5.82 Å². The number of hydrogen-bond donors (Lipinski definition) is 3. The molecule has 1 saturated heterocycles. The van der Waals surface area contributed by atoms with Gasteiger partial charge in [-0.25, -0.2) is 19.2 Å². The van der Waals surface area contributed by atoms with Crippen molar-refractivity contribution in [3.63, 3.8) is 0 Å². The maximum absolute atomic E-state index is 13.8. The van der Waals surface area contributed by atoms with Gasteiger partial charge in [-0.3, -0.25) is 9.32 Å². The summed E-state index contributed by atoms with van der Waals surface area (Å²) in [5.74, 6) is -1.16. The number of ether oxygens (including phenoxy) is 3. The standard InChI is InChI=1S/C28H41BN5O8P/c1-5-18(6-2)15-38-24(35)14-33-43(37,42-19-10-8-7-9-11-19)39-16-20-12-23(41-28(3,4)36)26(40-20)22-13-21(29)25-27(30)31-17-32-34(22)25/h7-11,13,17-18,20,23,26,36H,5-6,12,14-16,29H2,1-4H3,(H,33,37)(H2,30,31,32)/t20-,23+,26-,43?/m0/s1. The number of rotatable bonds is 15. The van der Waals surface area contributed by atoms with Crippen LogP contribution < -0.4 is 20.8 Å². The second-order valence-electron chi connectivity index (χ2n) is 11.1. The molecule has 1 aromatic carbocycles. The number of esters is 1. The normalized spacial score (nSPS) is 20.4. The van der Waals surface area contributed by atoms with Crippen molar-refractivity contribution in [1.29, 1.82) is 0 Å². The molecule has 1 aliphatic rings. The highest BCUT2D eigenvalue weighted by atomic mass is 31.2. The van der Waals surface area contributed by atoms with E-state index in [2.05, 4.69) is 15.2 Å². The van der Waals surface area contributed by atoms with Gasteiger partial charge in [-0.1, -0.05) is 50.4 Å². The Balaban J connectivity index is 1.50. The second kappa shape index (κ2) is 14.2. The van der Waals surface area contributed by atoms with E-state index in [1.807, 2.05) is 27.8 Å². The monoisotopic (exact) mass is 617 g/mol. The molecule has 43 heavy (non-hydrogen) atoms. The zero-order chi connectivity index (χ0) is 31.2. The minimum absolute atomic E-state index is 0.165. The summed E-state index contributed by atoms with van der Waals surface area (Å²) in [7, 11) is -2.18. The highest BCUT2D eigenvalue weighted by molar-refractivity contribution is 7.52. The summed E-state index contributed by atoms with van der Waals surface area (Å²) in [4.78, 5) is 16.5. The summed E-state index contributed by atoms with van der Waals surface area (Å²) in [6.07, 6.45) is 1.53. The summed E-state index contributed by atoms with van der Waals surface area (Å²) in [5, 5.41) is 17.4. The number of carbonyl (C=O) groups excluding carboxylic acids is 1. The molecule has 3 heterocycles. The number of carbonyl (C=O) groups is 1. The molecular formula is C28H41BN5O8P. The van der Waals surface area contributed by atoms with Gasteiger partial charge in [0.25, 0.3) is 0 Å². The Morgan fingerprint density at radius 1 is 1.30 bits per heavy atom. The van der Waals surface area contributed by atoms with Crippen LogP contribution in [0.15, 0.2) is 42.7 Å². The quantitative estimate of drug-likeness (QED) is 0.0986. The molecule has 0 saturated carbocycles. The Bertz CT molecular complexity index is 1420. The first-order chi connectivity index (χ1) is 20.4. The van der Waals surface area contributed by atoms with Gasteiger partial charge in [0.05, 0.1) is 31.1 Å². The lowest BCUT2D eigenvalue weighted by molar-refractivity contribution is -0.215. The second-order valence-corrected chi connectivity index (χ2v) is 12.8. The van der Waals surface area contributed by atoms with Crippen molar-refractivity contribution < 1.29 is 37.7 Å². The predicted octanol–water partition coefficient (Wildman–Crippen LogP) is 2.29. The number of fused-ring (bicyclic) bond motifs is 1. The van der Waals surface area contributed by atoms with Crippen molar-refractivity contribution in [2.24, 2.45) is 5.92 Å². The smallest absolute Gasteiger partial charge is 0.459 e. The SMILES string of the molecule is Bc1cc([C@@H]2O[C@H](COP(=O)(NCC(=O)OCC(CC)CC)Oc3ccccc3)C[C@H]2OC(C)(C)O)n2ncnc(N)c12. The zero-order valence-corrected chi connectivity index (χ0v) is 26.2. The van der Waals surface area contributed by atoms with Crippen LogP contribution in [0.3, 0.4) is 0 Å². The Hall–Kier alpha value is -3.00. The van der Waals surface area contributed by atoms with Crippen LogP contribution in [0.1, 0.15) is 58.8 Å². The van der Waals surface area contributed by atoms with Crippen molar-refractivity contribution in [3.05, 3.63) is 48.4 Å². The molecule has 13 nitrogen and oxygen atoms in total. The van der Waals surface area contributed by atoms with Gasteiger partial charge in [0.1, 0.15) is 38.1 Å². The molecule has 3 aromatic rings. The van der Waals surface area contributed by atoms with Gasteiger partial charge in [-0.15, -0.1) is 0 Å². The minimum atomic E-state index is -4.07. The number of aliphatic hydroxyl groups is 1. The number of para-hydroxylation sites is 1. The van der Waals surface area contributed by atoms with Gasteiger partial charge in [0.15, 0.2) is 11.6 Å². The van der Waals surface area contributed by atoms with E-state index in [1.165, 1.54) is 20.2 Å². The molecule has 4 atom stereocenters. The molecule has 2 aromatic heterocycles. The molecule has 1 fully saturated rings. The predicted molar refractivity (Wildman–Crippen MR) is 163 cm³/mol. The fourth-order valence-electron chi connectivity index (χ4n) is 4.92. The van der Waals surface area contributed by atoms with E-state index in [4.69, 9.17) is 29.0 Å². The van der Waals surface area contributed by atoms with Gasteiger partial charge in [-0.2, -0.15) is 5.10 Å². The van der Waals surface area contributed by atoms with E-state index in [1.54, 1.807) is 34.8 Å². The van der Waals surface area contributed by atoms with E-state index in [-0.39, 0.29) is 25.7 Å². The molecule has 0 amide bonds. The van der Waals surface area contributed by atoms with Crippen LogP contribution in [-0.4, -0.2) is 71.3 Å². The van der Waals surface area contributed by atoms with Crippen LogP contribution >= 0.6 is 7.75 Å². The van der Waals surface area contributed by atoms with Crippen LogP contribution in [-0.2, 0) is 28.1 Å². The van der Waals surface area contributed by atoms with Crippen molar-refractivity contribution in [1.82, 2.24) is 19.7 Å². The van der Waals surface area contributed by atoms with Crippen molar-refractivity contribution in [3.8, 4) is 5.75 Å². The van der Waals surface area contributed by atoms with Crippen molar-refractivity contribution in [2.45, 2.75) is 71.1 Å². The molecule has 4 rings (SSSR count). The van der Waals surface area contributed by atoms with Gasteiger partial charge in [-0.05, 0) is 38.0 Å². The number of nitrogens with one attached hydrogen (secondary N) is 1.